The molecule has 1 aliphatic rings. The molecule has 96 heavy (non-hydrogen) atoms. The number of hydrogen-bond donors (Lipinski definition) is 1. The molecule has 484 valence electrons. The molecule has 4 aromatic heterocycles. The molecule has 16 nitrogen and oxygen atoms in total. The third-order valence-corrected chi connectivity index (χ3v) is 17.6. The predicted molar refractivity (Wildman–Crippen MR) is 381 cm³/mol. The molecular formula is C68H51F5I2N14O2S5. The zero-order valence-electron chi connectivity index (χ0n) is 51.1. The van der Waals surface area contributed by atoms with Crippen LogP contribution in [0.3, 0.4) is 0 Å². The number of aromatic hydroxyl groups is 1. The number of benzene rings is 7. The van der Waals surface area contributed by atoms with E-state index in [0.29, 0.717) is 48.4 Å². The number of nitriles is 5. The van der Waals surface area contributed by atoms with Crippen LogP contribution in [0.5, 0.6) is 17.2 Å². The molecule has 0 amide bonds. The fraction of sp³-hybridized carbons (Fsp3) is 0.0882. The minimum Gasteiger partial charge on any atom is -0.508 e. The Labute approximate surface area is 600 Å². The Kier molecular flexibility index (Phi) is 30.0. The summed E-state index contributed by atoms with van der Waals surface area (Å²) in [6.45, 7) is 0. The van der Waals surface area contributed by atoms with Crippen molar-refractivity contribution in [1.82, 2.24) is 42.7 Å². The van der Waals surface area contributed by atoms with Gasteiger partial charge in [0, 0.05) is 125 Å². The number of aryl methyl sites for hydroxylation is 4. The predicted octanol–water partition coefficient (Wildman–Crippen LogP) is 17.6. The number of rotatable bonds is 9. The normalized spacial score (nSPS) is 10.6. The molecule has 28 heteroatoms. The van der Waals surface area contributed by atoms with E-state index in [0.717, 1.165) is 62.9 Å². The molecule has 1 aliphatic heterocycles. The average Bonchev–Trinajstić information content (AvgIpc) is 1.62. The van der Waals surface area contributed by atoms with Crippen LogP contribution >= 0.6 is 105 Å². The van der Waals surface area contributed by atoms with Gasteiger partial charge in [-0.25, -0.2) is 36.9 Å². The third kappa shape index (κ3) is 25.0. The van der Waals surface area contributed by atoms with E-state index >= 15 is 0 Å². The number of phenolic OH excluding ortho intramolecular Hbond substituents is 1. The highest BCUT2D eigenvalue weighted by molar-refractivity contribution is 14.1. The number of hydrogen-bond acceptors (Lipinski definition) is 15. The Bertz CT molecular complexity index is 4650. The minimum absolute atomic E-state index is 0.00231. The molecule has 0 spiro atoms. The van der Waals surface area contributed by atoms with E-state index in [2.05, 4.69) is 72.3 Å². The molecule has 5 heterocycles. The zero-order chi connectivity index (χ0) is 69.8. The first kappa shape index (κ1) is 75.5. The molecule has 1 N–H and O–H groups in total. The van der Waals surface area contributed by atoms with Crippen molar-refractivity contribution >= 4 is 110 Å². The maximum Gasteiger partial charge on any atom is 0.184 e. The number of halogens is 7. The molecule has 12 rings (SSSR count). The van der Waals surface area contributed by atoms with Gasteiger partial charge in [-0.3, -0.25) is 4.57 Å². The van der Waals surface area contributed by atoms with E-state index < -0.39 is 29.1 Å². The van der Waals surface area contributed by atoms with Crippen LogP contribution in [-0.4, -0.2) is 59.8 Å². The second kappa shape index (κ2) is 38.1. The monoisotopic (exact) mass is 1600 g/mol. The van der Waals surface area contributed by atoms with Crippen LogP contribution in [0.25, 0.3) is 5.69 Å². The summed E-state index contributed by atoms with van der Waals surface area (Å²) in [7, 11) is 9.43. The van der Waals surface area contributed by atoms with E-state index in [4.69, 9.17) is 55.3 Å². The summed E-state index contributed by atoms with van der Waals surface area (Å²) in [4.78, 5) is 17.8. The second-order valence-electron chi connectivity index (χ2n) is 19.4. The number of ether oxygens (including phenoxy) is 1. The molecule has 0 saturated carbocycles. The zero-order valence-corrected chi connectivity index (χ0v) is 59.5. The summed E-state index contributed by atoms with van der Waals surface area (Å²) in [6.07, 6.45) is 19.1. The molecule has 0 saturated heterocycles. The topological polar surface area (TPSA) is 215 Å². The van der Waals surface area contributed by atoms with E-state index in [-0.39, 0.29) is 11.1 Å². The van der Waals surface area contributed by atoms with Gasteiger partial charge in [0.05, 0.1) is 68.8 Å². The van der Waals surface area contributed by atoms with Crippen molar-refractivity contribution in [3.8, 4) is 53.3 Å². The molecule has 0 radical (unpaired) electrons. The van der Waals surface area contributed by atoms with Gasteiger partial charge >= 0.3 is 0 Å². The highest BCUT2D eigenvalue weighted by Crippen LogP contribution is 2.33. The van der Waals surface area contributed by atoms with Gasteiger partial charge in [0.25, 0.3) is 0 Å². The molecule has 0 aliphatic carbocycles. The van der Waals surface area contributed by atoms with Crippen molar-refractivity contribution in [3.05, 3.63) is 270 Å². The molecule has 11 aromatic rings. The summed E-state index contributed by atoms with van der Waals surface area (Å²) in [5.74, 6) is -1.000. The van der Waals surface area contributed by atoms with Crippen LogP contribution in [0.15, 0.2) is 232 Å². The van der Waals surface area contributed by atoms with Gasteiger partial charge in [-0.15, -0.1) is 0 Å². The Morgan fingerprint density at radius 3 is 1.20 bits per heavy atom. The van der Waals surface area contributed by atoms with E-state index in [1.807, 2.05) is 145 Å². The molecule has 0 atom stereocenters. The van der Waals surface area contributed by atoms with Crippen molar-refractivity contribution < 1.29 is 31.8 Å². The van der Waals surface area contributed by atoms with Crippen LogP contribution in [0.4, 0.5) is 22.0 Å². The molecule has 0 bridgehead atoms. The summed E-state index contributed by atoms with van der Waals surface area (Å²) in [5.41, 5.74) is 2.03. The lowest BCUT2D eigenvalue weighted by Gasteiger charge is -2.09. The van der Waals surface area contributed by atoms with E-state index in [1.165, 1.54) is 71.7 Å². The highest BCUT2D eigenvalue weighted by Gasteiger charge is 2.11. The lowest BCUT2D eigenvalue weighted by atomic mass is 10.2. The van der Waals surface area contributed by atoms with Crippen molar-refractivity contribution in [1.29, 1.82) is 26.3 Å². The van der Waals surface area contributed by atoms with Gasteiger partial charge in [-0.05, 0) is 191 Å². The lowest BCUT2D eigenvalue weighted by Crippen LogP contribution is -2.11. The highest BCUT2D eigenvalue weighted by atomic mass is 127. The first-order valence-electron chi connectivity index (χ1n) is 27.5. The van der Waals surface area contributed by atoms with Gasteiger partial charge in [0.15, 0.2) is 20.2 Å². The summed E-state index contributed by atoms with van der Waals surface area (Å²) in [5, 5.41) is 54.8. The van der Waals surface area contributed by atoms with Crippen molar-refractivity contribution in [2.24, 2.45) is 28.2 Å². The summed E-state index contributed by atoms with van der Waals surface area (Å²) >= 11 is 18.6. The van der Waals surface area contributed by atoms with Crippen molar-refractivity contribution in [2.45, 2.75) is 36.6 Å². The smallest absolute Gasteiger partial charge is 0.184 e. The van der Waals surface area contributed by atoms with Gasteiger partial charge in [-0.2, -0.15) is 26.3 Å². The third-order valence-electron chi connectivity index (χ3n) is 12.1. The lowest BCUT2D eigenvalue weighted by molar-refractivity contribution is 0.475. The van der Waals surface area contributed by atoms with Crippen LogP contribution < -0.4 is 4.74 Å². The van der Waals surface area contributed by atoms with Crippen LogP contribution in [0.1, 0.15) is 34.2 Å². The van der Waals surface area contributed by atoms with Crippen LogP contribution in [0, 0.1) is 97.7 Å². The number of imidazole rings is 4. The number of aromatic nitrogens is 8. The maximum atomic E-state index is 13.2. The SMILES string of the molecule is CN1C=CCC1=S.Cn1ccn(-c2cc(F)cc(C#N)c2)c1=S.Cn1ccnc1Sc1cc(C#N)cc(Oc2ccc(I)cc2)c1.Cn1ccnc1Sc1cc(F)cc(C#N)c1.Cn1ccnc1Sc1cc(F)cc(C#N)c1.N#Cc1cc(F)cc(F)c1.Oc1ccc(I)cc1. The van der Waals surface area contributed by atoms with Gasteiger partial charge < -0.3 is 33.0 Å². The Morgan fingerprint density at radius 2 is 0.844 bits per heavy atom. The van der Waals surface area contributed by atoms with Crippen LogP contribution in [-0.2, 0) is 28.2 Å². The van der Waals surface area contributed by atoms with Gasteiger partial charge in [-0.1, -0.05) is 53.6 Å². The fourth-order valence-corrected chi connectivity index (χ4v) is 11.2. The standard InChI is InChI=1S/C17H12IN3OS.3C11H8FN3S.C7H3F2N.C6H5IO.C5H7NS/c1-21-7-6-20-17(21)23-16-9-12(11-19)8-15(10-16)22-14-4-2-13(18)3-5-14;2*1-15-3-2-14-11(15)16-10-5-8(7-13)4-9(12)6-10;1-14-2-3-15(11(14)16)10-5-8(7-13)4-9(12)6-10;8-6-1-5(4-10)2-7(9)3-6;7-5-1-3-6(8)4-2-5;1-6-4-2-3-5(6)7/h2-10H,1H3;3*2-6H,1H3;1-3H;1-4,8H;2,4H,3H2,1H3. The Morgan fingerprint density at radius 1 is 0.458 bits per heavy atom. The van der Waals surface area contributed by atoms with E-state index in [1.54, 1.807) is 82.6 Å². The fourth-order valence-electron chi connectivity index (χ4n) is 7.47. The average molecular weight is 1610 g/mol. The first-order valence-corrected chi connectivity index (χ1v) is 32.9. The number of nitrogens with zero attached hydrogens (tertiary/aromatic N) is 14. The molecule has 0 unspecified atom stereocenters. The molecule has 0 fully saturated rings. The quantitative estimate of drug-likeness (QED) is 0.0808. The Hall–Kier alpha value is -9.56. The number of phenols is 1. The minimum atomic E-state index is -0.725. The summed E-state index contributed by atoms with van der Waals surface area (Å²) < 4.78 is 81.7. The van der Waals surface area contributed by atoms with Crippen molar-refractivity contribution in [2.75, 3.05) is 7.05 Å². The van der Waals surface area contributed by atoms with Gasteiger partial charge in [0.1, 0.15) is 46.3 Å². The second-order valence-corrected chi connectivity index (χ2v) is 25.9. The Balaban J connectivity index is 0.000000183. The molecular weight excluding hydrogens is 1550 g/mol. The van der Waals surface area contributed by atoms with Gasteiger partial charge in [0.2, 0.25) is 0 Å². The first-order chi connectivity index (χ1) is 45.9. The summed E-state index contributed by atoms with van der Waals surface area (Å²) in [6, 6.07) is 45.2. The maximum absolute atomic E-state index is 13.2. The molecule has 7 aromatic carbocycles. The van der Waals surface area contributed by atoms with Crippen LogP contribution in [0.2, 0.25) is 0 Å². The largest absolute Gasteiger partial charge is 0.508 e. The number of thiocarbonyl (C=S) groups is 1. The van der Waals surface area contributed by atoms with E-state index in [9.17, 15) is 27.2 Å². The van der Waals surface area contributed by atoms with Crippen molar-refractivity contribution in [3.63, 3.8) is 0 Å².